The summed E-state index contributed by atoms with van der Waals surface area (Å²) in [5.74, 6) is 1.36. The Labute approximate surface area is 140 Å². The van der Waals surface area contributed by atoms with Crippen LogP contribution in [-0.2, 0) is 6.54 Å². The van der Waals surface area contributed by atoms with Crippen LogP contribution in [-0.4, -0.2) is 28.1 Å². The standard InChI is InChI=1S/C15H14BrN3O2S/c1-9-3-5-13(21-9)11-7-12(18-17-11)15(20)19(2)8-10-4-6-14(16)22-10/h3-7H,8H2,1-2H3,(H,17,18). The van der Waals surface area contributed by atoms with Crippen molar-refractivity contribution in [2.75, 3.05) is 7.05 Å². The van der Waals surface area contributed by atoms with Gasteiger partial charge in [0.25, 0.3) is 5.91 Å². The second-order valence-corrected chi connectivity index (χ2v) is 7.49. The Kier molecular flexibility index (Phi) is 4.17. The SMILES string of the molecule is Cc1ccc(-c2cc(C(=O)N(C)Cc3ccc(Br)s3)n[nH]2)o1. The number of H-pyrrole nitrogens is 1. The molecule has 0 aliphatic heterocycles. The molecule has 0 aliphatic rings. The molecule has 0 atom stereocenters. The summed E-state index contributed by atoms with van der Waals surface area (Å²) >= 11 is 5.04. The third kappa shape index (κ3) is 3.15. The number of rotatable bonds is 4. The first kappa shape index (κ1) is 15.1. The molecule has 3 aromatic heterocycles. The summed E-state index contributed by atoms with van der Waals surface area (Å²) < 4.78 is 6.58. The monoisotopic (exact) mass is 379 g/mol. The van der Waals surface area contributed by atoms with Crippen LogP contribution in [0.3, 0.4) is 0 Å². The fourth-order valence-corrected chi connectivity index (χ4v) is 3.61. The van der Waals surface area contributed by atoms with Gasteiger partial charge in [-0.15, -0.1) is 11.3 Å². The molecule has 0 bridgehead atoms. The molecule has 22 heavy (non-hydrogen) atoms. The van der Waals surface area contributed by atoms with Gasteiger partial charge in [-0.1, -0.05) is 0 Å². The van der Waals surface area contributed by atoms with E-state index in [0.717, 1.165) is 14.4 Å². The molecule has 0 saturated carbocycles. The van der Waals surface area contributed by atoms with Gasteiger partial charge in [-0.3, -0.25) is 9.89 Å². The number of hydrogen-bond donors (Lipinski definition) is 1. The summed E-state index contributed by atoms with van der Waals surface area (Å²) in [4.78, 5) is 15.2. The second kappa shape index (κ2) is 6.10. The molecule has 0 fully saturated rings. The van der Waals surface area contributed by atoms with Crippen LogP contribution in [0.2, 0.25) is 0 Å². The van der Waals surface area contributed by atoms with Crippen molar-refractivity contribution in [2.24, 2.45) is 0 Å². The van der Waals surface area contributed by atoms with E-state index in [1.165, 1.54) is 0 Å². The zero-order valence-electron chi connectivity index (χ0n) is 12.1. The van der Waals surface area contributed by atoms with E-state index in [4.69, 9.17) is 4.42 Å². The number of thiophene rings is 1. The van der Waals surface area contributed by atoms with Crippen molar-refractivity contribution in [2.45, 2.75) is 13.5 Å². The van der Waals surface area contributed by atoms with Crippen LogP contribution in [0.25, 0.3) is 11.5 Å². The van der Waals surface area contributed by atoms with Crippen LogP contribution < -0.4 is 0 Å². The lowest BCUT2D eigenvalue weighted by atomic mass is 10.3. The van der Waals surface area contributed by atoms with Crippen molar-refractivity contribution in [3.8, 4) is 11.5 Å². The molecule has 3 heterocycles. The Hall–Kier alpha value is -1.86. The van der Waals surface area contributed by atoms with Crippen LogP contribution in [0.15, 0.2) is 38.5 Å². The zero-order chi connectivity index (χ0) is 15.7. The number of carbonyl (C=O) groups excluding carboxylic acids is 1. The van der Waals surface area contributed by atoms with E-state index in [1.807, 2.05) is 31.2 Å². The lowest BCUT2D eigenvalue weighted by molar-refractivity contribution is 0.0780. The van der Waals surface area contributed by atoms with Crippen molar-refractivity contribution < 1.29 is 9.21 Å². The quantitative estimate of drug-likeness (QED) is 0.742. The summed E-state index contributed by atoms with van der Waals surface area (Å²) in [5.41, 5.74) is 1.07. The minimum absolute atomic E-state index is 0.129. The van der Waals surface area contributed by atoms with Gasteiger partial charge < -0.3 is 9.32 Å². The number of carbonyl (C=O) groups is 1. The van der Waals surface area contributed by atoms with Gasteiger partial charge in [0.15, 0.2) is 11.5 Å². The first-order valence-electron chi connectivity index (χ1n) is 6.65. The number of furan rings is 1. The molecular formula is C15H14BrN3O2S. The molecule has 3 rings (SSSR count). The van der Waals surface area contributed by atoms with E-state index < -0.39 is 0 Å². The summed E-state index contributed by atoms with van der Waals surface area (Å²) in [6, 6.07) is 9.41. The lowest BCUT2D eigenvalue weighted by Gasteiger charge is -2.14. The van der Waals surface area contributed by atoms with Gasteiger partial charge in [-0.25, -0.2) is 0 Å². The molecule has 1 amide bonds. The highest BCUT2D eigenvalue weighted by Crippen LogP contribution is 2.24. The third-order valence-electron chi connectivity index (χ3n) is 3.17. The van der Waals surface area contributed by atoms with Crippen LogP contribution in [0.1, 0.15) is 21.1 Å². The maximum atomic E-state index is 12.4. The van der Waals surface area contributed by atoms with Gasteiger partial charge in [0, 0.05) is 18.0 Å². The Morgan fingerprint density at radius 2 is 2.23 bits per heavy atom. The van der Waals surface area contributed by atoms with Gasteiger partial charge in [0.1, 0.15) is 11.5 Å². The highest BCUT2D eigenvalue weighted by molar-refractivity contribution is 9.11. The molecular weight excluding hydrogens is 366 g/mol. The average molecular weight is 380 g/mol. The molecule has 0 spiro atoms. The first-order valence-corrected chi connectivity index (χ1v) is 8.26. The molecule has 1 N–H and O–H groups in total. The van der Waals surface area contributed by atoms with E-state index in [2.05, 4.69) is 26.1 Å². The topological polar surface area (TPSA) is 62.1 Å². The second-order valence-electron chi connectivity index (χ2n) is 4.94. The number of nitrogens with one attached hydrogen (secondary N) is 1. The van der Waals surface area contributed by atoms with E-state index in [9.17, 15) is 4.79 Å². The summed E-state index contributed by atoms with van der Waals surface area (Å²) in [7, 11) is 1.77. The highest BCUT2D eigenvalue weighted by atomic mass is 79.9. The molecule has 0 aliphatic carbocycles. The van der Waals surface area contributed by atoms with Crippen molar-refractivity contribution in [3.05, 3.63) is 50.4 Å². The fraction of sp³-hybridized carbons (Fsp3) is 0.200. The van der Waals surface area contributed by atoms with E-state index in [0.29, 0.717) is 23.7 Å². The van der Waals surface area contributed by atoms with Crippen molar-refractivity contribution in [3.63, 3.8) is 0 Å². The minimum Gasteiger partial charge on any atom is -0.460 e. The molecule has 0 unspecified atom stereocenters. The molecule has 7 heteroatoms. The summed E-state index contributed by atoms with van der Waals surface area (Å²) in [6.07, 6.45) is 0. The molecule has 0 aromatic carbocycles. The molecule has 5 nitrogen and oxygen atoms in total. The zero-order valence-corrected chi connectivity index (χ0v) is 14.5. The van der Waals surface area contributed by atoms with Crippen LogP contribution in [0.5, 0.6) is 0 Å². The van der Waals surface area contributed by atoms with Crippen molar-refractivity contribution in [1.29, 1.82) is 0 Å². The Balaban J connectivity index is 1.73. The van der Waals surface area contributed by atoms with E-state index >= 15 is 0 Å². The fourth-order valence-electron chi connectivity index (χ4n) is 2.07. The minimum atomic E-state index is -0.129. The maximum absolute atomic E-state index is 12.4. The molecule has 0 radical (unpaired) electrons. The molecule has 3 aromatic rings. The van der Waals surface area contributed by atoms with Crippen LogP contribution >= 0.6 is 27.3 Å². The van der Waals surface area contributed by atoms with Crippen LogP contribution in [0, 0.1) is 6.92 Å². The number of aromatic amines is 1. The third-order valence-corrected chi connectivity index (χ3v) is 4.78. The smallest absolute Gasteiger partial charge is 0.274 e. The largest absolute Gasteiger partial charge is 0.460 e. The first-order chi connectivity index (χ1) is 10.5. The number of nitrogens with zero attached hydrogens (tertiary/aromatic N) is 2. The average Bonchev–Trinajstić information content (AvgIpc) is 3.19. The van der Waals surface area contributed by atoms with Crippen LogP contribution in [0.4, 0.5) is 0 Å². The number of hydrogen-bond acceptors (Lipinski definition) is 4. The van der Waals surface area contributed by atoms with E-state index in [-0.39, 0.29) is 5.91 Å². The highest BCUT2D eigenvalue weighted by Gasteiger charge is 2.17. The van der Waals surface area contributed by atoms with E-state index in [1.54, 1.807) is 29.4 Å². The lowest BCUT2D eigenvalue weighted by Crippen LogP contribution is -2.26. The number of halogens is 1. The maximum Gasteiger partial charge on any atom is 0.274 e. The predicted octanol–water partition coefficient (Wildman–Crippen LogP) is 4.07. The number of aromatic nitrogens is 2. The van der Waals surface area contributed by atoms with Crippen molar-refractivity contribution in [1.82, 2.24) is 15.1 Å². The predicted molar refractivity (Wildman–Crippen MR) is 88.8 cm³/mol. The summed E-state index contributed by atoms with van der Waals surface area (Å²) in [6.45, 7) is 2.43. The normalized spacial score (nSPS) is 10.9. The van der Waals surface area contributed by atoms with Gasteiger partial charge in [0.05, 0.1) is 10.3 Å². The van der Waals surface area contributed by atoms with Gasteiger partial charge >= 0.3 is 0 Å². The number of aryl methyl sites for hydroxylation is 1. The van der Waals surface area contributed by atoms with Gasteiger partial charge in [-0.2, -0.15) is 5.10 Å². The Morgan fingerprint density at radius 1 is 1.41 bits per heavy atom. The van der Waals surface area contributed by atoms with Gasteiger partial charge in [-0.05, 0) is 47.1 Å². The Morgan fingerprint density at radius 3 is 2.86 bits per heavy atom. The Bertz CT molecular complexity index is 805. The molecule has 0 saturated heterocycles. The summed E-state index contributed by atoms with van der Waals surface area (Å²) in [5, 5.41) is 6.93. The van der Waals surface area contributed by atoms with Gasteiger partial charge in [0.2, 0.25) is 0 Å². The van der Waals surface area contributed by atoms with Crippen molar-refractivity contribution >= 4 is 33.2 Å². The molecule has 114 valence electrons. The number of amides is 1.